The summed E-state index contributed by atoms with van der Waals surface area (Å²) >= 11 is 1.64. The molecule has 150 valence electrons. The van der Waals surface area contributed by atoms with Gasteiger partial charge in [-0.15, -0.1) is 11.3 Å². The molecule has 3 N–H and O–H groups in total. The first kappa shape index (κ1) is 19.2. The number of aromatic nitrogens is 2. The Morgan fingerprint density at radius 3 is 3.00 bits per heavy atom. The van der Waals surface area contributed by atoms with Crippen molar-refractivity contribution in [3.05, 3.63) is 69.7 Å². The Balaban J connectivity index is 1.45. The van der Waals surface area contributed by atoms with Gasteiger partial charge in [-0.2, -0.15) is 5.10 Å². The SMILES string of the molecule is NC(=O)c1cn[nH]c1C1CCCN(C(=O)c2cccc(OCc3cccs3)c2)C1. The van der Waals surface area contributed by atoms with Crippen molar-refractivity contribution < 1.29 is 14.3 Å². The van der Waals surface area contributed by atoms with Crippen molar-refractivity contribution in [1.29, 1.82) is 0 Å². The molecule has 0 radical (unpaired) electrons. The fourth-order valence-corrected chi connectivity index (χ4v) is 4.27. The molecular formula is C21H22N4O3S. The van der Waals surface area contributed by atoms with Crippen molar-refractivity contribution in [3.63, 3.8) is 0 Å². The maximum Gasteiger partial charge on any atom is 0.254 e. The number of rotatable bonds is 6. The highest BCUT2D eigenvalue weighted by Crippen LogP contribution is 2.29. The van der Waals surface area contributed by atoms with E-state index in [1.54, 1.807) is 23.5 Å². The molecule has 7 nitrogen and oxygen atoms in total. The van der Waals surface area contributed by atoms with Crippen LogP contribution in [-0.2, 0) is 6.61 Å². The number of ether oxygens (including phenoxy) is 1. The minimum Gasteiger partial charge on any atom is -0.488 e. The number of benzene rings is 1. The number of primary amides is 1. The number of H-pyrrole nitrogens is 1. The molecule has 1 aromatic carbocycles. The van der Waals surface area contributed by atoms with E-state index in [2.05, 4.69) is 10.2 Å². The summed E-state index contributed by atoms with van der Waals surface area (Å²) in [6.07, 6.45) is 3.17. The molecular weight excluding hydrogens is 388 g/mol. The van der Waals surface area contributed by atoms with Gasteiger partial charge in [-0.1, -0.05) is 12.1 Å². The average molecular weight is 410 g/mol. The summed E-state index contributed by atoms with van der Waals surface area (Å²) in [5.74, 6) is 0.127. The lowest BCUT2D eigenvalue weighted by Gasteiger charge is -2.32. The maximum absolute atomic E-state index is 13.1. The monoisotopic (exact) mass is 410 g/mol. The Kier molecular flexibility index (Phi) is 5.62. The van der Waals surface area contributed by atoms with Crippen molar-refractivity contribution >= 4 is 23.2 Å². The minimum absolute atomic E-state index is 0.0101. The van der Waals surface area contributed by atoms with Gasteiger partial charge in [0.05, 0.1) is 17.5 Å². The molecule has 1 fully saturated rings. The van der Waals surface area contributed by atoms with Gasteiger partial charge in [0.25, 0.3) is 11.8 Å². The molecule has 2 amide bonds. The van der Waals surface area contributed by atoms with Crippen LogP contribution < -0.4 is 10.5 Å². The van der Waals surface area contributed by atoms with Gasteiger partial charge in [-0.25, -0.2) is 0 Å². The largest absolute Gasteiger partial charge is 0.488 e. The molecule has 0 aliphatic carbocycles. The Hall–Kier alpha value is -3.13. The van der Waals surface area contributed by atoms with E-state index < -0.39 is 5.91 Å². The van der Waals surface area contributed by atoms with E-state index in [1.165, 1.54) is 6.20 Å². The summed E-state index contributed by atoms with van der Waals surface area (Å²) < 4.78 is 5.83. The topological polar surface area (TPSA) is 101 Å². The van der Waals surface area contributed by atoms with Crippen LogP contribution in [0.3, 0.4) is 0 Å². The summed E-state index contributed by atoms with van der Waals surface area (Å²) in [6, 6.07) is 11.3. The van der Waals surface area contributed by atoms with Crippen LogP contribution >= 0.6 is 11.3 Å². The Morgan fingerprint density at radius 2 is 2.21 bits per heavy atom. The zero-order valence-electron chi connectivity index (χ0n) is 15.8. The number of hydrogen-bond acceptors (Lipinski definition) is 5. The predicted molar refractivity (Wildman–Crippen MR) is 110 cm³/mol. The van der Waals surface area contributed by atoms with Crippen LogP contribution in [-0.4, -0.2) is 40.0 Å². The fourth-order valence-electron chi connectivity index (χ4n) is 3.65. The van der Waals surface area contributed by atoms with Crippen LogP contribution in [0, 0.1) is 0 Å². The normalized spacial score (nSPS) is 16.6. The lowest BCUT2D eigenvalue weighted by Crippen LogP contribution is -2.39. The molecule has 1 unspecified atom stereocenters. The number of nitrogens with two attached hydrogens (primary N) is 1. The van der Waals surface area contributed by atoms with Crippen molar-refractivity contribution in [3.8, 4) is 5.75 Å². The van der Waals surface area contributed by atoms with Crippen LogP contribution in [0.4, 0.5) is 0 Å². The predicted octanol–water partition coefficient (Wildman–Crippen LogP) is 3.17. The zero-order chi connectivity index (χ0) is 20.2. The van der Waals surface area contributed by atoms with Gasteiger partial charge in [-0.3, -0.25) is 14.7 Å². The second-order valence-corrected chi connectivity index (χ2v) is 8.08. The number of carbonyl (C=O) groups excluding carboxylic acids is 2. The molecule has 3 aromatic rings. The standard InChI is InChI=1S/C21H22N4O3S/c22-20(26)18-11-23-24-19(18)15-5-2-8-25(12-15)21(27)14-4-1-6-16(10-14)28-13-17-7-3-9-29-17/h1,3-4,6-7,9-11,15H,2,5,8,12-13H2,(H2,22,26)(H,23,24). The average Bonchev–Trinajstić information content (AvgIpc) is 3.44. The number of amides is 2. The first-order valence-corrected chi connectivity index (χ1v) is 10.4. The Morgan fingerprint density at radius 1 is 1.31 bits per heavy atom. The fraction of sp³-hybridized carbons (Fsp3) is 0.286. The van der Waals surface area contributed by atoms with Crippen LogP contribution in [0.25, 0.3) is 0 Å². The summed E-state index contributed by atoms with van der Waals surface area (Å²) in [5.41, 5.74) is 7.14. The Labute approximate surface area is 172 Å². The first-order valence-electron chi connectivity index (χ1n) is 9.49. The molecule has 2 aromatic heterocycles. The van der Waals surface area contributed by atoms with Crippen LogP contribution in [0.2, 0.25) is 0 Å². The second kappa shape index (κ2) is 8.48. The molecule has 1 aliphatic heterocycles. The van der Waals surface area contributed by atoms with Gasteiger partial charge in [-0.05, 0) is 42.5 Å². The quantitative estimate of drug-likeness (QED) is 0.652. The molecule has 0 bridgehead atoms. The highest BCUT2D eigenvalue weighted by molar-refractivity contribution is 7.09. The van der Waals surface area contributed by atoms with Gasteiger partial charge in [0.15, 0.2) is 0 Å². The van der Waals surface area contributed by atoms with Gasteiger partial charge in [0.2, 0.25) is 0 Å². The number of likely N-dealkylation sites (tertiary alicyclic amines) is 1. The van der Waals surface area contributed by atoms with Crippen LogP contribution in [0.1, 0.15) is 50.0 Å². The van der Waals surface area contributed by atoms with E-state index >= 15 is 0 Å². The summed E-state index contributed by atoms with van der Waals surface area (Å²) in [5, 5.41) is 8.85. The van der Waals surface area contributed by atoms with Gasteiger partial charge in [0.1, 0.15) is 12.4 Å². The van der Waals surface area contributed by atoms with Gasteiger partial charge < -0.3 is 15.4 Å². The molecule has 1 aliphatic rings. The third kappa shape index (κ3) is 4.32. The van der Waals surface area contributed by atoms with Gasteiger partial charge >= 0.3 is 0 Å². The molecule has 3 heterocycles. The number of aromatic amines is 1. The molecule has 8 heteroatoms. The molecule has 0 saturated carbocycles. The van der Waals surface area contributed by atoms with E-state index in [9.17, 15) is 9.59 Å². The van der Waals surface area contributed by atoms with Crippen molar-refractivity contribution in [2.24, 2.45) is 5.73 Å². The smallest absolute Gasteiger partial charge is 0.254 e. The first-order chi connectivity index (χ1) is 14.1. The zero-order valence-corrected chi connectivity index (χ0v) is 16.7. The molecule has 1 saturated heterocycles. The number of nitrogens with zero attached hydrogens (tertiary/aromatic N) is 2. The maximum atomic E-state index is 13.1. The summed E-state index contributed by atoms with van der Waals surface area (Å²) in [6.45, 7) is 1.67. The van der Waals surface area contributed by atoms with Crippen molar-refractivity contribution in [1.82, 2.24) is 15.1 Å². The third-order valence-corrected chi connectivity index (χ3v) is 5.94. The van der Waals surface area contributed by atoms with E-state index in [-0.39, 0.29) is 11.8 Å². The highest BCUT2D eigenvalue weighted by atomic mass is 32.1. The van der Waals surface area contributed by atoms with E-state index in [0.29, 0.717) is 42.3 Å². The molecule has 4 rings (SSSR count). The van der Waals surface area contributed by atoms with Crippen LogP contribution in [0.15, 0.2) is 48.0 Å². The Bertz CT molecular complexity index is 999. The number of carbonyl (C=O) groups is 2. The molecule has 1 atom stereocenters. The van der Waals surface area contributed by atoms with E-state index in [4.69, 9.17) is 10.5 Å². The van der Waals surface area contributed by atoms with Gasteiger partial charge in [0, 0.05) is 29.4 Å². The van der Waals surface area contributed by atoms with Crippen LogP contribution in [0.5, 0.6) is 5.75 Å². The highest BCUT2D eigenvalue weighted by Gasteiger charge is 2.29. The lowest BCUT2D eigenvalue weighted by molar-refractivity contribution is 0.0705. The molecule has 0 spiro atoms. The summed E-state index contributed by atoms with van der Waals surface area (Å²) in [4.78, 5) is 27.6. The second-order valence-electron chi connectivity index (χ2n) is 7.05. The number of hydrogen-bond donors (Lipinski definition) is 2. The van der Waals surface area contributed by atoms with E-state index in [1.807, 2.05) is 34.5 Å². The number of nitrogens with one attached hydrogen (secondary N) is 1. The van der Waals surface area contributed by atoms with Crippen molar-refractivity contribution in [2.45, 2.75) is 25.4 Å². The third-order valence-electron chi connectivity index (χ3n) is 5.09. The van der Waals surface area contributed by atoms with E-state index in [0.717, 1.165) is 17.7 Å². The molecule has 29 heavy (non-hydrogen) atoms. The lowest BCUT2D eigenvalue weighted by atomic mass is 9.92. The number of thiophene rings is 1. The minimum atomic E-state index is -0.507. The summed E-state index contributed by atoms with van der Waals surface area (Å²) in [7, 11) is 0. The number of piperidine rings is 1. The van der Waals surface area contributed by atoms with Crippen molar-refractivity contribution in [2.75, 3.05) is 13.1 Å².